The summed E-state index contributed by atoms with van der Waals surface area (Å²) < 4.78 is 11.4. The molecule has 4 aliphatic rings. The summed E-state index contributed by atoms with van der Waals surface area (Å²) in [5.41, 5.74) is 1.38. The Morgan fingerprint density at radius 2 is 1.65 bits per heavy atom. The minimum absolute atomic E-state index is 0.171. The first kappa shape index (κ1) is 26.1. The van der Waals surface area contributed by atoms with E-state index in [9.17, 15) is 9.90 Å². The Bertz CT molecular complexity index is 1030. The number of benzene rings is 2. The molecule has 2 N–H and O–H groups in total. The van der Waals surface area contributed by atoms with Gasteiger partial charge in [-0.3, -0.25) is 9.69 Å². The summed E-state index contributed by atoms with van der Waals surface area (Å²) in [5, 5.41) is 14.0. The molecule has 6 heteroatoms. The number of aliphatic hydroxyl groups excluding tert-OH is 1. The first-order valence-corrected chi connectivity index (χ1v) is 14.1. The van der Waals surface area contributed by atoms with Crippen molar-refractivity contribution in [3.63, 3.8) is 0 Å². The summed E-state index contributed by atoms with van der Waals surface area (Å²) in [4.78, 5) is 15.6. The van der Waals surface area contributed by atoms with Crippen LogP contribution in [0.4, 0.5) is 0 Å². The molecule has 0 radical (unpaired) electrons. The molecule has 37 heavy (non-hydrogen) atoms. The molecular weight excluding hydrogens is 464 g/mol. The van der Waals surface area contributed by atoms with E-state index in [-0.39, 0.29) is 12.5 Å². The summed E-state index contributed by atoms with van der Waals surface area (Å²) in [7, 11) is 1.62. The SMILES string of the molecule is CCCN(CC(O)COc1ccccc1C(=O)NCc1ccccc1OC)C1C2CC3CC(C2)CC1C3. The third-order valence-electron chi connectivity index (χ3n) is 8.75. The van der Waals surface area contributed by atoms with Crippen molar-refractivity contribution in [3.05, 3.63) is 59.7 Å². The van der Waals surface area contributed by atoms with Crippen molar-refractivity contribution in [3.8, 4) is 11.5 Å². The Morgan fingerprint density at radius 1 is 1.00 bits per heavy atom. The third-order valence-corrected chi connectivity index (χ3v) is 8.75. The molecule has 4 bridgehead atoms. The van der Waals surface area contributed by atoms with Gasteiger partial charge in [-0.25, -0.2) is 0 Å². The van der Waals surface area contributed by atoms with Crippen LogP contribution in [0.5, 0.6) is 11.5 Å². The van der Waals surface area contributed by atoms with Gasteiger partial charge in [0.1, 0.15) is 24.2 Å². The number of rotatable bonds is 12. The van der Waals surface area contributed by atoms with Gasteiger partial charge in [-0.05, 0) is 86.9 Å². The van der Waals surface area contributed by atoms with Crippen LogP contribution in [0.15, 0.2) is 48.5 Å². The first-order chi connectivity index (χ1) is 18.1. The fourth-order valence-corrected chi connectivity index (χ4v) is 7.55. The summed E-state index contributed by atoms with van der Waals surface area (Å²) in [5.74, 6) is 4.51. The molecule has 0 spiro atoms. The zero-order valence-corrected chi connectivity index (χ0v) is 22.3. The summed E-state index contributed by atoms with van der Waals surface area (Å²) in [6.07, 6.45) is 7.45. The molecule has 6 rings (SSSR count). The van der Waals surface area contributed by atoms with Crippen molar-refractivity contribution in [2.45, 2.75) is 64.1 Å². The Morgan fingerprint density at radius 3 is 2.32 bits per heavy atom. The van der Waals surface area contributed by atoms with Crippen LogP contribution >= 0.6 is 0 Å². The number of nitrogens with zero attached hydrogens (tertiary/aromatic N) is 1. The minimum Gasteiger partial charge on any atom is -0.496 e. The van der Waals surface area contributed by atoms with Crippen molar-refractivity contribution in [1.29, 1.82) is 0 Å². The zero-order chi connectivity index (χ0) is 25.8. The minimum atomic E-state index is -0.603. The van der Waals surface area contributed by atoms with Crippen LogP contribution in [0.2, 0.25) is 0 Å². The smallest absolute Gasteiger partial charge is 0.255 e. The fraction of sp³-hybridized carbons (Fsp3) is 0.581. The number of para-hydroxylation sites is 2. The highest BCUT2D eigenvalue weighted by molar-refractivity contribution is 5.96. The number of aliphatic hydroxyl groups is 1. The highest BCUT2D eigenvalue weighted by Gasteiger charge is 2.50. The number of nitrogens with one attached hydrogen (secondary N) is 1. The van der Waals surface area contributed by atoms with Crippen LogP contribution in [-0.4, -0.2) is 54.9 Å². The number of carbonyl (C=O) groups excluding carboxylic acids is 1. The van der Waals surface area contributed by atoms with E-state index in [1.54, 1.807) is 19.2 Å². The second kappa shape index (κ2) is 11.9. The highest BCUT2D eigenvalue weighted by Crippen LogP contribution is 2.55. The lowest BCUT2D eigenvalue weighted by atomic mass is 9.54. The molecule has 2 aromatic rings. The number of hydrogen-bond acceptors (Lipinski definition) is 5. The first-order valence-electron chi connectivity index (χ1n) is 14.1. The average molecular weight is 507 g/mol. The van der Waals surface area contributed by atoms with Gasteiger partial charge in [-0.2, -0.15) is 0 Å². The van der Waals surface area contributed by atoms with Crippen LogP contribution in [0.1, 0.15) is 61.4 Å². The Labute approximate surface area is 221 Å². The van der Waals surface area contributed by atoms with E-state index in [2.05, 4.69) is 17.1 Å². The zero-order valence-electron chi connectivity index (χ0n) is 22.3. The molecule has 1 atom stereocenters. The molecular formula is C31H42N2O4. The lowest BCUT2D eigenvalue weighted by molar-refractivity contribution is -0.0772. The molecule has 0 aromatic heterocycles. The summed E-state index contributed by atoms with van der Waals surface area (Å²) in [6.45, 7) is 4.41. The average Bonchev–Trinajstić information content (AvgIpc) is 2.90. The standard InChI is InChI=1S/C31H42N2O4/c1-3-12-33(30-24-14-21-13-22(16-24)17-25(30)15-21)19-26(34)20-37-29-11-7-5-9-27(29)31(35)32-18-23-8-4-6-10-28(23)36-2/h4-11,21-22,24-26,30,34H,3,12-20H2,1-2H3,(H,32,35). The van der Waals surface area contributed by atoms with Gasteiger partial charge in [0.25, 0.3) is 5.91 Å². The van der Waals surface area contributed by atoms with Gasteiger partial charge in [0, 0.05) is 24.7 Å². The molecule has 1 unspecified atom stereocenters. The van der Waals surface area contributed by atoms with Gasteiger partial charge < -0.3 is 19.9 Å². The van der Waals surface area contributed by atoms with E-state index >= 15 is 0 Å². The second-order valence-corrected chi connectivity index (χ2v) is 11.4. The van der Waals surface area contributed by atoms with Crippen LogP contribution in [0, 0.1) is 23.7 Å². The van der Waals surface area contributed by atoms with E-state index in [4.69, 9.17) is 9.47 Å². The maximum absolute atomic E-state index is 13.0. The van der Waals surface area contributed by atoms with Crippen LogP contribution in [0.25, 0.3) is 0 Å². The Kier molecular flexibility index (Phi) is 8.36. The summed E-state index contributed by atoms with van der Waals surface area (Å²) >= 11 is 0. The molecule has 0 heterocycles. The van der Waals surface area contributed by atoms with Gasteiger partial charge in [-0.1, -0.05) is 37.3 Å². The van der Waals surface area contributed by atoms with Crippen LogP contribution < -0.4 is 14.8 Å². The monoisotopic (exact) mass is 506 g/mol. The second-order valence-electron chi connectivity index (χ2n) is 11.4. The number of amides is 1. The number of hydrogen-bond donors (Lipinski definition) is 2. The predicted octanol–water partition coefficient (Wildman–Crippen LogP) is 4.90. The van der Waals surface area contributed by atoms with Gasteiger partial charge in [0.15, 0.2) is 0 Å². The Balaban J connectivity index is 1.18. The third kappa shape index (κ3) is 5.96. The maximum atomic E-state index is 13.0. The van der Waals surface area contributed by atoms with Crippen molar-refractivity contribution in [2.24, 2.45) is 23.7 Å². The predicted molar refractivity (Wildman–Crippen MR) is 145 cm³/mol. The molecule has 4 saturated carbocycles. The molecule has 4 aliphatic carbocycles. The molecule has 1 amide bonds. The molecule has 0 saturated heterocycles. The van der Waals surface area contributed by atoms with Crippen LogP contribution in [-0.2, 0) is 6.54 Å². The van der Waals surface area contributed by atoms with Crippen molar-refractivity contribution in [1.82, 2.24) is 10.2 Å². The lowest BCUT2D eigenvalue weighted by Crippen LogP contribution is -2.57. The molecule has 4 fully saturated rings. The largest absolute Gasteiger partial charge is 0.496 e. The van der Waals surface area contributed by atoms with Crippen molar-refractivity contribution < 1.29 is 19.4 Å². The van der Waals surface area contributed by atoms with E-state index in [1.165, 1.54) is 32.1 Å². The Hall–Kier alpha value is -2.57. The lowest BCUT2D eigenvalue weighted by Gasteiger charge is -2.57. The van der Waals surface area contributed by atoms with E-state index < -0.39 is 6.10 Å². The van der Waals surface area contributed by atoms with Gasteiger partial charge in [0.2, 0.25) is 0 Å². The summed E-state index contributed by atoms with van der Waals surface area (Å²) in [6, 6.07) is 15.5. The quantitative estimate of drug-likeness (QED) is 0.428. The van der Waals surface area contributed by atoms with Gasteiger partial charge in [0.05, 0.1) is 12.7 Å². The van der Waals surface area contributed by atoms with E-state index in [0.29, 0.717) is 30.4 Å². The normalized spacial score (nSPS) is 26.8. The van der Waals surface area contributed by atoms with Crippen molar-refractivity contribution in [2.75, 3.05) is 26.8 Å². The van der Waals surface area contributed by atoms with E-state index in [1.807, 2.05) is 36.4 Å². The fourth-order valence-electron chi connectivity index (χ4n) is 7.55. The number of methoxy groups -OCH3 is 1. The van der Waals surface area contributed by atoms with Crippen molar-refractivity contribution >= 4 is 5.91 Å². The van der Waals surface area contributed by atoms with Crippen LogP contribution in [0.3, 0.4) is 0 Å². The number of ether oxygens (including phenoxy) is 2. The molecule has 2 aromatic carbocycles. The highest BCUT2D eigenvalue weighted by atomic mass is 16.5. The van der Waals surface area contributed by atoms with E-state index in [0.717, 1.165) is 48.0 Å². The topological polar surface area (TPSA) is 71.0 Å². The molecule has 200 valence electrons. The van der Waals surface area contributed by atoms with Gasteiger partial charge in [-0.15, -0.1) is 0 Å². The van der Waals surface area contributed by atoms with Gasteiger partial charge >= 0.3 is 0 Å². The number of carbonyl (C=O) groups is 1. The molecule has 0 aliphatic heterocycles. The maximum Gasteiger partial charge on any atom is 0.255 e. The molecule has 6 nitrogen and oxygen atoms in total.